The molecule has 0 aliphatic carbocycles. The Bertz CT molecular complexity index is 2090. The molecule has 1 aliphatic heterocycles. The number of allylic oxidation sites excluding steroid dienone is 4. The van der Waals surface area contributed by atoms with Gasteiger partial charge in [-0.25, -0.2) is 14.0 Å². The Balaban J connectivity index is 1.72. The molecule has 2 N–H and O–H groups in total. The maximum Gasteiger partial charge on any atom is 0.282 e. The summed E-state index contributed by atoms with van der Waals surface area (Å²) < 4.78 is 68.1. The molecule has 0 saturated heterocycles. The van der Waals surface area contributed by atoms with Crippen LogP contribution < -0.4 is 14.4 Å². The molecule has 16 heteroatoms. The van der Waals surface area contributed by atoms with Crippen molar-refractivity contribution in [3.05, 3.63) is 87.2 Å². The van der Waals surface area contributed by atoms with Crippen LogP contribution in [0.2, 0.25) is 10.0 Å². The summed E-state index contributed by atoms with van der Waals surface area (Å²) in [6.07, 6.45) is 9.38. The van der Waals surface area contributed by atoms with Crippen LogP contribution in [0.15, 0.2) is 54.4 Å². The lowest BCUT2D eigenvalue weighted by atomic mass is 10.2. The van der Waals surface area contributed by atoms with Gasteiger partial charge in [-0.1, -0.05) is 41.4 Å². The van der Waals surface area contributed by atoms with E-state index in [2.05, 4.69) is 10.9 Å². The molecule has 1 aromatic heterocycles. The van der Waals surface area contributed by atoms with Crippen molar-refractivity contribution in [2.45, 2.75) is 39.8 Å². The number of nitriles is 1. The summed E-state index contributed by atoms with van der Waals surface area (Å²) in [7, 11) is -8.32. The van der Waals surface area contributed by atoms with Crippen molar-refractivity contribution in [2.24, 2.45) is 0 Å². The zero-order chi connectivity index (χ0) is 34.5. The third-order valence-corrected chi connectivity index (χ3v) is 9.76. The number of hydrogen-bond acceptors (Lipinski definition) is 7. The predicted molar refractivity (Wildman–Crippen MR) is 184 cm³/mol. The Kier molecular flexibility index (Phi) is 11.4. The van der Waals surface area contributed by atoms with Gasteiger partial charge in [0, 0.05) is 42.7 Å². The first-order valence-corrected chi connectivity index (χ1v) is 18.6. The molecule has 2 heterocycles. The van der Waals surface area contributed by atoms with Crippen LogP contribution >= 0.6 is 23.2 Å². The standard InChI is InChI=1S/C31H32Cl2N6O6S2/c1-4-36-27-18-23(32)22(21-34)17-26(27)38(13-9-15-46(40,41)42)30(36)11-7-6-8-12-31-37(5-2)28-19-24(33)25(35-3)20-29(28)39(31)14-10-16-47(43,44)45/h6-8,11-12,17-20H,4-5,9-10,13-16H2,1-2H3,(H-,40,41,42,43,44,45)/p+1. The molecule has 12 nitrogen and oxygen atoms in total. The van der Waals surface area contributed by atoms with E-state index in [9.17, 15) is 31.2 Å². The molecular formula is C31H33Cl2N6O6S2+. The average molecular weight is 721 g/mol. The summed E-state index contributed by atoms with van der Waals surface area (Å²) in [6.45, 7) is 13.0. The first-order valence-electron chi connectivity index (χ1n) is 14.6. The third-order valence-electron chi connectivity index (χ3n) is 7.53. The molecule has 47 heavy (non-hydrogen) atoms. The van der Waals surface area contributed by atoms with E-state index in [1.54, 1.807) is 42.5 Å². The molecule has 0 unspecified atom stereocenters. The monoisotopic (exact) mass is 719 g/mol. The number of hydrogen-bond donors (Lipinski definition) is 2. The van der Waals surface area contributed by atoms with Gasteiger partial charge < -0.3 is 9.80 Å². The number of anilines is 2. The van der Waals surface area contributed by atoms with E-state index in [0.29, 0.717) is 34.3 Å². The number of halogens is 2. The molecule has 2 aromatic carbocycles. The maximum atomic E-state index is 11.4. The summed E-state index contributed by atoms with van der Waals surface area (Å²) in [6, 6.07) is 8.82. The van der Waals surface area contributed by atoms with Gasteiger partial charge in [-0.05, 0) is 38.5 Å². The lowest BCUT2D eigenvalue weighted by molar-refractivity contribution is -0.673. The van der Waals surface area contributed by atoms with Gasteiger partial charge in [0.15, 0.2) is 11.0 Å². The number of fused-ring (bicyclic) bond motifs is 2. The Hall–Kier alpha value is -3.89. The lowest BCUT2D eigenvalue weighted by Crippen LogP contribution is -2.37. The highest BCUT2D eigenvalue weighted by Crippen LogP contribution is 2.46. The smallest absolute Gasteiger partial charge is 0.282 e. The van der Waals surface area contributed by atoms with Crippen LogP contribution in [0.5, 0.6) is 0 Å². The third kappa shape index (κ3) is 8.34. The van der Waals surface area contributed by atoms with Crippen LogP contribution in [0, 0.1) is 17.9 Å². The van der Waals surface area contributed by atoms with E-state index in [0.717, 1.165) is 22.8 Å². The van der Waals surface area contributed by atoms with Crippen LogP contribution in [-0.4, -0.2) is 55.1 Å². The molecule has 0 saturated carbocycles. The highest BCUT2D eigenvalue weighted by molar-refractivity contribution is 7.86. The van der Waals surface area contributed by atoms with E-state index in [1.165, 1.54) is 0 Å². The van der Waals surface area contributed by atoms with E-state index < -0.39 is 31.7 Å². The fourth-order valence-corrected chi connectivity index (χ4v) is 6.95. The van der Waals surface area contributed by atoms with E-state index in [-0.39, 0.29) is 37.2 Å². The van der Waals surface area contributed by atoms with Gasteiger partial charge in [-0.15, -0.1) is 0 Å². The first kappa shape index (κ1) is 36.0. The number of benzene rings is 2. The van der Waals surface area contributed by atoms with Gasteiger partial charge in [0.2, 0.25) is 5.69 Å². The summed E-state index contributed by atoms with van der Waals surface area (Å²) in [5.41, 5.74) is 3.45. The summed E-state index contributed by atoms with van der Waals surface area (Å²) in [5.74, 6) is 0.602. The molecule has 0 bridgehead atoms. The fraction of sp³-hybridized carbons (Fsp3) is 0.323. The zero-order valence-corrected chi connectivity index (χ0v) is 28.8. The largest absolute Gasteiger partial charge is 0.327 e. The maximum absolute atomic E-state index is 11.4. The molecule has 0 fully saturated rings. The SMILES string of the molecule is [C-]#[N+]c1cc2c(cc1Cl)N(CC)\C(=C/C=C/C=C/c1n(CC)c3cc(Cl)c(C#N)cc3[n+]1CCCS(=O)(=O)O)N2CCCS(=O)(=O)O. The van der Waals surface area contributed by atoms with Crippen molar-refractivity contribution in [3.8, 4) is 6.07 Å². The average Bonchev–Trinajstić information content (AvgIpc) is 3.44. The van der Waals surface area contributed by atoms with Crippen LogP contribution in [0.3, 0.4) is 0 Å². The minimum atomic E-state index is -4.16. The molecule has 0 atom stereocenters. The van der Waals surface area contributed by atoms with Crippen molar-refractivity contribution in [1.82, 2.24) is 4.57 Å². The van der Waals surface area contributed by atoms with Crippen molar-refractivity contribution < 1.29 is 30.5 Å². The molecule has 0 amide bonds. The summed E-state index contributed by atoms with van der Waals surface area (Å²) in [5, 5.41) is 10.2. The Morgan fingerprint density at radius 2 is 1.62 bits per heavy atom. The quantitative estimate of drug-likeness (QED) is 0.0939. The number of nitrogens with zero attached hydrogens (tertiary/aromatic N) is 6. The number of rotatable bonds is 13. The van der Waals surface area contributed by atoms with E-state index >= 15 is 0 Å². The molecule has 1 aliphatic rings. The highest BCUT2D eigenvalue weighted by Gasteiger charge is 2.31. The second-order valence-electron chi connectivity index (χ2n) is 10.5. The molecule has 0 radical (unpaired) electrons. The van der Waals surface area contributed by atoms with Crippen molar-refractivity contribution in [3.63, 3.8) is 0 Å². The number of imidazole rings is 1. The summed E-state index contributed by atoms with van der Waals surface area (Å²) >= 11 is 12.7. The van der Waals surface area contributed by atoms with Gasteiger partial charge in [-0.3, -0.25) is 9.11 Å². The highest BCUT2D eigenvalue weighted by atomic mass is 35.5. The number of aromatic nitrogens is 2. The summed E-state index contributed by atoms with van der Waals surface area (Å²) in [4.78, 5) is 7.38. The Labute approximate surface area is 284 Å². The van der Waals surface area contributed by atoms with Gasteiger partial charge in [0.25, 0.3) is 26.1 Å². The van der Waals surface area contributed by atoms with Crippen LogP contribution in [-0.2, 0) is 33.3 Å². The lowest BCUT2D eigenvalue weighted by Gasteiger charge is -2.24. The van der Waals surface area contributed by atoms with Gasteiger partial charge in [0.05, 0.1) is 53.1 Å². The van der Waals surface area contributed by atoms with Crippen LogP contribution in [0.1, 0.15) is 38.1 Å². The molecule has 0 spiro atoms. The van der Waals surface area contributed by atoms with Crippen LogP contribution in [0.4, 0.5) is 17.1 Å². The topological polar surface area (TPSA) is 152 Å². The van der Waals surface area contributed by atoms with E-state index in [4.69, 9.17) is 29.8 Å². The van der Waals surface area contributed by atoms with Gasteiger partial charge in [-0.2, -0.15) is 22.1 Å². The zero-order valence-electron chi connectivity index (χ0n) is 25.6. The van der Waals surface area contributed by atoms with Crippen molar-refractivity contribution >= 4 is 77.6 Å². The van der Waals surface area contributed by atoms with Crippen LogP contribution in [0.25, 0.3) is 22.0 Å². The second kappa shape index (κ2) is 14.9. The second-order valence-corrected chi connectivity index (χ2v) is 14.5. The Morgan fingerprint density at radius 3 is 2.23 bits per heavy atom. The van der Waals surface area contributed by atoms with Crippen molar-refractivity contribution in [1.29, 1.82) is 5.26 Å². The molecule has 248 valence electrons. The van der Waals surface area contributed by atoms with Gasteiger partial charge >= 0.3 is 0 Å². The molecule has 3 aromatic rings. The number of aryl methyl sites for hydroxylation is 2. The minimum Gasteiger partial charge on any atom is -0.327 e. The molecule has 4 rings (SSSR count). The minimum absolute atomic E-state index is 0.139. The molecular weight excluding hydrogens is 687 g/mol. The fourth-order valence-electron chi connectivity index (χ4n) is 5.56. The van der Waals surface area contributed by atoms with E-state index in [1.807, 2.05) is 44.9 Å². The normalized spacial score (nSPS) is 14.5. The Morgan fingerprint density at radius 1 is 0.936 bits per heavy atom. The van der Waals surface area contributed by atoms with Crippen molar-refractivity contribution in [2.75, 3.05) is 34.4 Å². The van der Waals surface area contributed by atoms with Gasteiger partial charge in [0.1, 0.15) is 11.9 Å². The predicted octanol–water partition coefficient (Wildman–Crippen LogP) is 5.99. The first-order chi connectivity index (χ1) is 22.2.